The van der Waals surface area contributed by atoms with Crippen LogP contribution in [0.4, 0.5) is 0 Å². The third-order valence-corrected chi connectivity index (χ3v) is 10.9. The Bertz CT molecular complexity index is 683. The molecule has 4 saturated carbocycles. The second kappa shape index (κ2) is 8.09. The van der Waals surface area contributed by atoms with E-state index in [2.05, 4.69) is 20.8 Å². The molecule has 0 heterocycles. The van der Waals surface area contributed by atoms with Crippen LogP contribution in [0.2, 0.25) is 0 Å². The summed E-state index contributed by atoms with van der Waals surface area (Å²) < 4.78 is 0. The number of ketones is 1. The van der Waals surface area contributed by atoms with Crippen LogP contribution in [0.3, 0.4) is 0 Å². The summed E-state index contributed by atoms with van der Waals surface area (Å²) in [6, 6.07) is 0. The first-order chi connectivity index (χ1) is 14.4. The summed E-state index contributed by atoms with van der Waals surface area (Å²) >= 11 is 0. The minimum Gasteiger partial charge on any atom is -0.393 e. The Balaban J connectivity index is 1.49. The first kappa shape index (κ1) is 23.7. The molecule has 4 heteroatoms. The average molecular weight is 435 g/mol. The molecule has 0 bridgehead atoms. The number of Topliss-reactive ketones (excluding diaryl/α,β-unsaturated/α-hetero) is 1. The fraction of sp³-hybridized carbons (Fsp3) is 0.963. The van der Waals surface area contributed by atoms with E-state index in [9.17, 15) is 20.1 Å². The van der Waals surface area contributed by atoms with Gasteiger partial charge >= 0.3 is 0 Å². The van der Waals surface area contributed by atoms with E-state index in [1.165, 1.54) is 25.7 Å². The van der Waals surface area contributed by atoms with Gasteiger partial charge in [0, 0.05) is 6.42 Å². The van der Waals surface area contributed by atoms with Crippen molar-refractivity contribution < 1.29 is 20.1 Å². The van der Waals surface area contributed by atoms with Crippen LogP contribution in [0, 0.1) is 46.3 Å². The van der Waals surface area contributed by atoms with Gasteiger partial charge in [0.15, 0.2) is 5.78 Å². The molecular weight excluding hydrogens is 388 g/mol. The molecule has 4 aliphatic rings. The third kappa shape index (κ3) is 3.93. The zero-order valence-corrected chi connectivity index (χ0v) is 20.4. The van der Waals surface area contributed by atoms with Crippen LogP contribution in [0.15, 0.2) is 0 Å². The highest BCUT2D eigenvalue weighted by molar-refractivity contribution is 5.86. The van der Waals surface area contributed by atoms with Crippen molar-refractivity contribution in [1.29, 1.82) is 0 Å². The van der Waals surface area contributed by atoms with E-state index in [1.54, 1.807) is 13.8 Å². The molecule has 0 aliphatic heterocycles. The maximum absolute atomic E-state index is 12.3. The van der Waals surface area contributed by atoms with Crippen molar-refractivity contribution in [3.05, 3.63) is 0 Å². The zero-order valence-electron chi connectivity index (χ0n) is 20.4. The molecule has 4 nitrogen and oxygen atoms in total. The predicted octanol–water partition coefficient (Wildman–Crippen LogP) is 4.73. The molecule has 0 spiro atoms. The molecule has 0 aromatic rings. The summed E-state index contributed by atoms with van der Waals surface area (Å²) in [6.45, 7) is 10.4. The van der Waals surface area contributed by atoms with Crippen molar-refractivity contribution in [2.45, 2.75) is 117 Å². The van der Waals surface area contributed by atoms with Crippen LogP contribution in [0.5, 0.6) is 0 Å². The Morgan fingerprint density at radius 3 is 2.29 bits per heavy atom. The number of rotatable bonds is 5. The number of hydrogen-bond donors (Lipinski definition) is 3. The van der Waals surface area contributed by atoms with Crippen LogP contribution in [-0.4, -0.2) is 38.9 Å². The van der Waals surface area contributed by atoms with Crippen molar-refractivity contribution >= 4 is 5.78 Å². The minimum atomic E-state index is -1.22. The molecule has 0 amide bonds. The van der Waals surface area contributed by atoms with Gasteiger partial charge in [-0.25, -0.2) is 0 Å². The van der Waals surface area contributed by atoms with Gasteiger partial charge in [-0.05, 0) is 118 Å². The quantitative estimate of drug-likeness (QED) is 0.584. The van der Waals surface area contributed by atoms with E-state index in [-0.39, 0.29) is 29.3 Å². The van der Waals surface area contributed by atoms with Gasteiger partial charge in [-0.15, -0.1) is 0 Å². The smallest absolute Gasteiger partial charge is 0.163 e. The predicted molar refractivity (Wildman–Crippen MR) is 122 cm³/mol. The standard InChI is InChI=1S/C27H46O4/c1-16(6-9-24(30)25(2,3)31)19-7-8-20-18-15-23(29)22-14-17(28)10-12-27(22,5)21(18)11-13-26(19,20)4/h16-23,28-29,31H,6-15H2,1-5H3/t16-,17?,18+,19-,20+,21+,22?,23?,26-,27-/m1/s1. The maximum Gasteiger partial charge on any atom is 0.163 e. The molecule has 3 N–H and O–H groups in total. The van der Waals surface area contributed by atoms with Crippen molar-refractivity contribution in [1.82, 2.24) is 0 Å². The van der Waals surface area contributed by atoms with Gasteiger partial charge < -0.3 is 15.3 Å². The molecule has 0 aromatic carbocycles. The van der Waals surface area contributed by atoms with Gasteiger partial charge in [0.2, 0.25) is 0 Å². The largest absolute Gasteiger partial charge is 0.393 e. The van der Waals surface area contributed by atoms with Crippen LogP contribution in [0.25, 0.3) is 0 Å². The first-order valence-electron chi connectivity index (χ1n) is 13.0. The molecule has 0 saturated heterocycles. The van der Waals surface area contributed by atoms with E-state index in [4.69, 9.17) is 0 Å². The number of carbonyl (C=O) groups excluding carboxylic acids is 1. The number of hydrogen-bond acceptors (Lipinski definition) is 4. The Morgan fingerprint density at radius 1 is 0.968 bits per heavy atom. The Labute approximate surface area is 189 Å². The highest BCUT2D eigenvalue weighted by Gasteiger charge is 2.62. The SMILES string of the molecule is C[C@H](CCC(=O)C(C)(C)O)[C@H]1CC[C@H]2[C@@H]3CC(O)C4CC(O)CC[C@]4(C)[C@H]3CC[C@]12C. The lowest BCUT2D eigenvalue weighted by molar-refractivity contribution is -0.172. The van der Waals surface area contributed by atoms with Gasteiger partial charge in [0.1, 0.15) is 5.60 Å². The van der Waals surface area contributed by atoms with E-state index >= 15 is 0 Å². The van der Waals surface area contributed by atoms with Crippen molar-refractivity contribution in [3.63, 3.8) is 0 Å². The van der Waals surface area contributed by atoms with E-state index in [0.29, 0.717) is 41.4 Å². The summed E-state index contributed by atoms with van der Waals surface area (Å²) in [4.78, 5) is 12.3. The molecule has 0 radical (unpaired) electrons. The summed E-state index contributed by atoms with van der Waals surface area (Å²) in [6.07, 6.45) is 9.45. The molecule has 4 fully saturated rings. The molecular formula is C27H46O4. The van der Waals surface area contributed by atoms with Crippen molar-refractivity contribution in [3.8, 4) is 0 Å². The zero-order chi connectivity index (χ0) is 22.8. The normalized spacial score (nSPS) is 48.5. The van der Waals surface area contributed by atoms with Gasteiger partial charge in [-0.3, -0.25) is 4.79 Å². The molecule has 4 rings (SSSR count). The lowest BCUT2D eigenvalue weighted by Gasteiger charge is -2.62. The van der Waals surface area contributed by atoms with Crippen molar-refractivity contribution in [2.24, 2.45) is 46.3 Å². The highest BCUT2D eigenvalue weighted by atomic mass is 16.3. The van der Waals surface area contributed by atoms with E-state index in [0.717, 1.165) is 32.1 Å². The van der Waals surface area contributed by atoms with Crippen LogP contribution in [0.1, 0.15) is 98.8 Å². The Hall–Kier alpha value is -0.450. The average Bonchev–Trinajstić information content (AvgIpc) is 3.04. The lowest BCUT2D eigenvalue weighted by Crippen LogP contribution is -2.58. The van der Waals surface area contributed by atoms with Gasteiger partial charge in [-0.1, -0.05) is 20.8 Å². The number of aliphatic hydroxyl groups is 3. The molecule has 10 atom stereocenters. The number of carbonyl (C=O) groups is 1. The monoisotopic (exact) mass is 434 g/mol. The highest BCUT2D eigenvalue weighted by Crippen LogP contribution is 2.68. The van der Waals surface area contributed by atoms with Crippen LogP contribution < -0.4 is 0 Å². The Morgan fingerprint density at radius 2 is 1.61 bits per heavy atom. The molecule has 4 aliphatic carbocycles. The fourth-order valence-corrected chi connectivity index (χ4v) is 9.12. The van der Waals surface area contributed by atoms with Gasteiger partial charge in [0.05, 0.1) is 12.2 Å². The molecule has 178 valence electrons. The number of aliphatic hydroxyl groups excluding tert-OH is 2. The maximum atomic E-state index is 12.3. The van der Waals surface area contributed by atoms with E-state index in [1.807, 2.05) is 0 Å². The summed E-state index contributed by atoms with van der Waals surface area (Å²) in [5.74, 6) is 3.27. The molecule has 0 aromatic heterocycles. The first-order valence-corrected chi connectivity index (χ1v) is 13.0. The van der Waals surface area contributed by atoms with E-state index < -0.39 is 5.60 Å². The second-order valence-electron chi connectivity index (χ2n) is 12.9. The van der Waals surface area contributed by atoms with Gasteiger partial charge in [-0.2, -0.15) is 0 Å². The molecule has 3 unspecified atom stereocenters. The lowest BCUT2D eigenvalue weighted by atomic mass is 9.44. The number of fused-ring (bicyclic) bond motifs is 5. The topological polar surface area (TPSA) is 77.8 Å². The summed E-state index contributed by atoms with van der Waals surface area (Å²) in [7, 11) is 0. The second-order valence-corrected chi connectivity index (χ2v) is 12.9. The van der Waals surface area contributed by atoms with Crippen LogP contribution >= 0.6 is 0 Å². The summed E-state index contributed by atoms with van der Waals surface area (Å²) in [5.41, 5.74) is -0.751. The van der Waals surface area contributed by atoms with Gasteiger partial charge in [0.25, 0.3) is 0 Å². The Kier molecular flexibility index (Phi) is 6.19. The minimum absolute atomic E-state index is 0.0448. The fourth-order valence-electron chi connectivity index (χ4n) is 9.12. The molecule has 31 heavy (non-hydrogen) atoms. The summed E-state index contributed by atoms with van der Waals surface area (Å²) in [5, 5.41) is 31.4. The van der Waals surface area contributed by atoms with Crippen molar-refractivity contribution in [2.75, 3.05) is 0 Å². The van der Waals surface area contributed by atoms with Crippen LogP contribution in [-0.2, 0) is 4.79 Å². The third-order valence-electron chi connectivity index (χ3n) is 10.9.